The molecule has 0 amide bonds. The van der Waals surface area contributed by atoms with E-state index in [-0.39, 0.29) is 0 Å². The molecule has 8 aromatic rings. The van der Waals surface area contributed by atoms with Crippen LogP contribution in [0.25, 0.3) is 67.2 Å². The van der Waals surface area contributed by atoms with Crippen molar-refractivity contribution in [3.8, 4) is 56.4 Å². The van der Waals surface area contributed by atoms with Crippen molar-refractivity contribution in [3.63, 3.8) is 0 Å². The fourth-order valence-corrected chi connectivity index (χ4v) is 7.91. The molecule has 1 aromatic heterocycles. The molecule has 0 unspecified atom stereocenters. The van der Waals surface area contributed by atoms with Gasteiger partial charge in [0.15, 0.2) is 17.5 Å². The SMILES string of the molecule is c1ccc(-c2nc(-c3ccc4c(c3)C3(c5ccccc5-c5ccccc53)c3ccccc3-4)nc(-c3ccc4ccccc4c3)n2)cc1. The highest BCUT2D eigenvalue weighted by molar-refractivity contribution is 5.96. The molecule has 0 aliphatic heterocycles. The smallest absolute Gasteiger partial charge is 0.164 e. The van der Waals surface area contributed by atoms with Crippen molar-refractivity contribution in [1.29, 1.82) is 0 Å². The highest BCUT2D eigenvalue weighted by Crippen LogP contribution is 2.62. The average molecular weight is 598 g/mol. The van der Waals surface area contributed by atoms with Gasteiger partial charge in [-0.05, 0) is 67.4 Å². The van der Waals surface area contributed by atoms with Gasteiger partial charge in [0, 0.05) is 16.7 Å². The second kappa shape index (κ2) is 9.90. The second-order valence-electron chi connectivity index (χ2n) is 12.4. The molecule has 47 heavy (non-hydrogen) atoms. The number of rotatable bonds is 3. The molecule has 1 heterocycles. The molecule has 0 N–H and O–H groups in total. The maximum absolute atomic E-state index is 5.16. The van der Waals surface area contributed by atoms with E-state index in [4.69, 9.17) is 15.0 Å². The molecule has 0 bridgehead atoms. The van der Waals surface area contributed by atoms with Gasteiger partial charge in [0.05, 0.1) is 5.41 Å². The van der Waals surface area contributed by atoms with Gasteiger partial charge in [-0.2, -0.15) is 0 Å². The third kappa shape index (κ3) is 3.71. The topological polar surface area (TPSA) is 38.7 Å². The van der Waals surface area contributed by atoms with Crippen molar-refractivity contribution in [2.24, 2.45) is 0 Å². The Morgan fingerprint density at radius 1 is 0.298 bits per heavy atom. The summed E-state index contributed by atoms with van der Waals surface area (Å²) >= 11 is 0. The molecule has 0 fully saturated rings. The first-order valence-electron chi connectivity index (χ1n) is 16.0. The predicted molar refractivity (Wildman–Crippen MR) is 190 cm³/mol. The summed E-state index contributed by atoms with van der Waals surface area (Å²) in [5.74, 6) is 1.99. The van der Waals surface area contributed by atoms with Crippen LogP contribution in [0.2, 0.25) is 0 Å². The van der Waals surface area contributed by atoms with Gasteiger partial charge >= 0.3 is 0 Å². The van der Waals surface area contributed by atoms with E-state index in [2.05, 4.69) is 146 Å². The normalized spacial score (nSPS) is 13.3. The van der Waals surface area contributed by atoms with Crippen LogP contribution in [0.5, 0.6) is 0 Å². The summed E-state index contributed by atoms with van der Waals surface area (Å²) in [5.41, 5.74) is 12.8. The highest BCUT2D eigenvalue weighted by Gasteiger charge is 2.51. The fraction of sp³-hybridized carbons (Fsp3) is 0.0227. The van der Waals surface area contributed by atoms with Crippen molar-refractivity contribution in [2.45, 2.75) is 5.41 Å². The second-order valence-corrected chi connectivity index (χ2v) is 12.4. The van der Waals surface area contributed by atoms with Crippen LogP contribution in [-0.4, -0.2) is 15.0 Å². The van der Waals surface area contributed by atoms with Gasteiger partial charge in [-0.25, -0.2) is 15.0 Å². The van der Waals surface area contributed by atoms with E-state index in [0.29, 0.717) is 17.5 Å². The first-order valence-corrected chi connectivity index (χ1v) is 16.0. The van der Waals surface area contributed by atoms with Gasteiger partial charge in [0.1, 0.15) is 0 Å². The van der Waals surface area contributed by atoms with E-state index in [1.807, 2.05) is 18.2 Å². The third-order valence-corrected chi connectivity index (χ3v) is 9.93. The monoisotopic (exact) mass is 597 g/mol. The Kier molecular flexibility index (Phi) is 5.49. The lowest BCUT2D eigenvalue weighted by Crippen LogP contribution is -2.25. The molecule has 2 aliphatic carbocycles. The van der Waals surface area contributed by atoms with Crippen LogP contribution in [0.3, 0.4) is 0 Å². The van der Waals surface area contributed by atoms with Gasteiger partial charge in [0.25, 0.3) is 0 Å². The summed E-state index contributed by atoms with van der Waals surface area (Å²) in [7, 11) is 0. The van der Waals surface area contributed by atoms with Crippen molar-refractivity contribution in [3.05, 3.63) is 186 Å². The van der Waals surface area contributed by atoms with Crippen molar-refractivity contribution in [1.82, 2.24) is 15.0 Å². The Morgan fingerprint density at radius 3 is 1.36 bits per heavy atom. The Labute approximate surface area is 272 Å². The molecule has 3 nitrogen and oxygen atoms in total. The van der Waals surface area contributed by atoms with Gasteiger partial charge < -0.3 is 0 Å². The minimum absolute atomic E-state index is 0.425. The molecule has 1 spiro atoms. The summed E-state index contributed by atoms with van der Waals surface area (Å²) in [6.45, 7) is 0. The molecule has 0 saturated carbocycles. The molecule has 3 heteroatoms. The summed E-state index contributed by atoms with van der Waals surface area (Å²) in [6, 6.07) is 58.5. The summed E-state index contributed by atoms with van der Waals surface area (Å²) < 4.78 is 0. The third-order valence-electron chi connectivity index (χ3n) is 9.93. The number of nitrogens with zero attached hydrogens (tertiary/aromatic N) is 3. The number of hydrogen-bond donors (Lipinski definition) is 0. The zero-order valence-electron chi connectivity index (χ0n) is 25.4. The number of fused-ring (bicyclic) bond motifs is 11. The van der Waals surface area contributed by atoms with Gasteiger partial charge in [-0.15, -0.1) is 0 Å². The first-order chi connectivity index (χ1) is 23.3. The minimum Gasteiger partial charge on any atom is -0.208 e. The van der Waals surface area contributed by atoms with E-state index in [0.717, 1.165) is 22.1 Å². The van der Waals surface area contributed by atoms with E-state index in [1.54, 1.807) is 0 Å². The summed E-state index contributed by atoms with van der Waals surface area (Å²) in [4.78, 5) is 15.3. The number of benzene rings is 7. The Hall–Kier alpha value is -6.19. The van der Waals surface area contributed by atoms with E-state index in [1.165, 1.54) is 49.9 Å². The Balaban J connectivity index is 1.23. The maximum Gasteiger partial charge on any atom is 0.164 e. The number of aromatic nitrogens is 3. The van der Waals surface area contributed by atoms with Crippen LogP contribution >= 0.6 is 0 Å². The minimum atomic E-state index is -0.425. The molecule has 2 aliphatic rings. The molecule has 10 rings (SSSR count). The molecule has 7 aromatic carbocycles. The van der Waals surface area contributed by atoms with E-state index in [9.17, 15) is 0 Å². The summed E-state index contributed by atoms with van der Waals surface area (Å²) in [5, 5.41) is 2.35. The van der Waals surface area contributed by atoms with Crippen molar-refractivity contribution < 1.29 is 0 Å². The summed E-state index contributed by atoms with van der Waals surface area (Å²) in [6.07, 6.45) is 0. The van der Waals surface area contributed by atoms with E-state index >= 15 is 0 Å². The fourth-order valence-electron chi connectivity index (χ4n) is 7.91. The largest absolute Gasteiger partial charge is 0.208 e. The standard InChI is InChI=1S/C44H27N3/c1-2-13-29(14-3-1)41-45-42(31-23-22-28-12-4-5-15-30(28)26-31)47-43(46-41)32-24-25-36-35-18-8-11-21-39(35)44(40(36)27-32)37-19-9-6-16-33(37)34-17-7-10-20-38(34)44/h1-27H. The van der Waals surface area contributed by atoms with Crippen LogP contribution in [0, 0.1) is 0 Å². The predicted octanol–water partition coefficient (Wildman–Crippen LogP) is 10.4. The van der Waals surface area contributed by atoms with Crippen LogP contribution < -0.4 is 0 Å². The van der Waals surface area contributed by atoms with Crippen LogP contribution in [0.4, 0.5) is 0 Å². The lowest BCUT2D eigenvalue weighted by Gasteiger charge is -2.30. The first kappa shape index (κ1) is 26.1. The van der Waals surface area contributed by atoms with Gasteiger partial charge in [-0.1, -0.05) is 152 Å². The molecule has 0 saturated heterocycles. The maximum atomic E-state index is 5.16. The van der Waals surface area contributed by atoms with Crippen LogP contribution in [0.1, 0.15) is 22.3 Å². The lowest BCUT2D eigenvalue weighted by atomic mass is 9.70. The Morgan fingerprint density at radius 2 is 0.745 bits per heavy atom. The lowest BCUT2D eigenvalue weighted by molar-refractivity contribution is 0.794. The number of hydrogen-bond acceptors (Lipinski definition) is 3. The van der Waals surface area contributed by atoms with E-state index < -0.39 is 5.41 Å². The molecule has 0 atom stereocenters. The molecule has 218 valence electrons. The van der Waals surface area contributed by atoms with Crippen LogP contribution in [-0.2, 0) is 5.41 Å². The average Bonchev–Trinajstić information content (AvgIpc) is 3.62. The Bertz CT molecular complexity index is 2470. The molecular formula is C44H27N3. The van der Waals surface area contributed by atoms with Crippen molar-refractivity contribution in [2.75, 3.05) is 0 Å². The zero-order chi connectivity index (χ0) is 31.0. The molecular weight excluding hydrogens is 571 g/mol. The van der Waals surface area contributed by atoms with Crippen molar-refractivity contribution >= 4 is 10.8 Å². The van der Waals surface area contributed by atoms with Gasteiger partial charge in [0.2, 0.25) is 0 Å². The highest BCUT2D eigenvalue weighted by atomic mass is 15.0. The molecule has 0 radical (unpaired) electrons. The van der Waals surface area contributed by atoms with Gasteiger partial charge in [-0.3, -0.25) is 0 Å². The van der Waals surface area contributed by atoms with Crippen LogP contribution in [0.15, 0.2) is 164 Å². The zero-order valence-corrected chi connectivity index (χ0v) is 25.4. The quantitative estimate of drug-likeness (QED) is 0.203.